The second-order valence-electron chi connectivity index (χ2n) is 6.07. The maximum Gasteiger partial charge on any atom is 0.256 e. The van der Waals surface area contributed by atoms with Gasteiger partial charge in [0.05, 0.1) is 0 Å². The van der Waals surface area contributed by atoms with E-state index < -0.39 is 0 Å². The quantitative estimate of drug-likeness (QED) is 0.585. The lowest BCUT2D eigenvalue weighted by Gasteiger charge is -2.08. The molecule has 0 bridgehead atoms. The average Bonchev–Trinajstić information content (AvgIpc) is 3.01. The largest absolute Gasteiger partial charge is 0.306 e. The molecule has 4 aromatic rings. The van der Waals surface area contributed by atoms with Crippen LogP contribution in [-0.4, -0.2) is 15.3 Å². The summed E-state index contributed by atoms with van der Waals surface area (Å²) in [7, 11) is 0. The van der Waals surface area contributed by atoms with Gasteiger partial charge < -0.3 is 5.32 Å². The SMILES string of the molecule is Cc1cccc(C(=O)Nc2c(-c3ccc(F)cc3)nc3ccccn23)c1. The van der Waals surface area contributed by atoms with Crippen LogP contribution in [0.15, 0.2) is 72.9 Å². The highest BCUT2D eigenvalue weighted by atomic mass is 19.1. The first-order valence-electron chi connectivity index (χ1n) is 8.23. The minimum atomic E-state index is -0.317. The van der Waals surface area contributed by atoms with Gasteiger partial charge in [0.15, 0.2) is 0 Å². The maximum absolute atomic E-state index is 13.3. The molecule has 5 heteroatoms. The van der Waals surface area contributed by atoms with E-state index in [9.17, 15) is 9.18 Å². The molecule has 0 radical (unpaired) electrons. The van der Waals surface area contributed by atoms with E-state index in [0.29, 0.717) is 22.7 Å². The van der Waals surface area contributed by atoms with E-state index in [1.54, 1.807) is 18.2 Å². The molecule has 0 atom stereocenters. The van der Waals surface area contributed by atoms with Crippen LogP contribution in [0.3, 0.4) is 0 Å². The molecule has 26 heavy (non-hydrogen) atoms. The van der Waals surface area contributed by atoms with Gasteiger partial charge in [0, 0.05) is 17.3 Å². The third kappa shape index (κ3) is 2.95. The number of aromatic nitrogens is 2. The summed E-state index contributed by atoms with van der Waals surface area (Å²) in [5, 5.41) is 2.96. The molecule has 0 saturated heterocycles. The molecule has 2 heterocycles. The van der Waals surface area contributed by atoms with Crippen LogP contribution in [0.1, 0.15) is 15.9 Å². The first-order valence-corrected chi connectivity index (χ1v) is 8.23. The highest BCUT2D eigenvalue weighted by Gasteiger charge is 2.17. The number of anilines is 1. The minimum Gasteiger partial charge on any atom is -0.306 e. The van der Waals surface area contributed by atoms with Crippen molar-refractivity contribution in [3.8, 4) is 11.3 Å². The molecular weight excluding hydrogens is 329 g/mol. The van der Waals surface area contributed by atoms with Gasteiger partial charge in [-0.1, -0.05) is 23.8 Å². The molecule has 1 N–H and O–H groups in total. The monoisotopic (exact) mass is 345 g/mol. The number of hydrogen-bond donors (Lipinski definition) is 1. The van der Waals surface area contributed by atoms with Crippen LogP contribution in [0.25, 0.3) is 16.9 Å². The second kappa shape index (κ2) is 6.44. The van der Waals surface area contributed by atoms with Crippen molar-refractivity contribution in [2.75, 3.05) is 5.32 Å². The van der Waals surface area contributed by atoms with E-state index in [0.717, 1.165) is 11.1 Å². The number of nitrogens with zero attached hydrogens (tertiary/aromatic N) is 2. The Morgan fingerprint density at radius 3 is 2.62 bits per heavy atom. The molecule has 4 nitrogen and oxygen atoms in total. The lowest BCUT2D eigenvalue weighted by molar-refractivity contribution is 0.102. The number of hydrogen-bond acceptors (Lipinski definition) is 2. The lowest BCUT2D eigenvalue weighted by atomic mass is 10.1. The summed E-state index contributed by atoms with van der Waals surface area (Å²) in [4.78, 5) is 17.3. The van der Waals surface area contributed by atoms with Gasteiger partial charge in [-0.15, -0.1) is 0 Å². The summed E-state index contributed by atoms with van der Waals surface area (Å²) in [6.45, 7) is 1.94. The summed E-state index contributed by atoms with van der Waals surface area (Å²) >= 11 is 0. The van der Waals surface area contributed by atoms with Crippen LogP contribution in [0.4, 0.5) is 10.2 Å². The Labute approximate surface area is 149 Å². The zero-order chi connectivity index (χ0) is 18.1. The summed E-state index contributed by atoms with van der Waals surface area (Å²) in [5.41, 5.74) is 3.61. The first-order chi connectivity index (χ1) is 12.6. The number of fused-ring (bicyclic) bond motifs is 1. The van der Waals surface area contributed by atoms with Gasteiger partial charge in [0.25, 0.3) is 5.91 Å². The van der Waals surface area contributed by atoms with E-state index in [1.165, 1.54) is 12.1 Å². The van der Waals surface area contributed by atoms with Crippen molar-refractivity contribution >= 4 is 17.4 Å². The molecule has 4 rings (SSSR count). The Balaban J connectivity index is 1.81. The molecule has 0 spiro atoms. The van der Waals surface area contributed by atoms with Crippen LogP contribution < -0.4 is 5.32 Å². The highest BCUT2D eigenvalue weighted by Crippen LogP contribution is 2.29. The van der Waals surface area contributed by atoms with Crippen molar-refractivity contribution in [3.05, 3.63) is 89.9 Å². The van der Waals surface area contributed by atoms with E-state index >= 15 is 0 Å². The number of benzene rings is 2. The number of aryl methyl sites for hydroxylation is 1. The van der Waals surface area contributed by atoms with Crippen molar-refractivity contribution in [2.45, 2.75) is 6.92 Å². The third-order valence-electron chi connectivity index (χ3n) is 4.16. The molecule has 0 aliphatic rings. The molecule has 0 aliphatic carbocycles. The third-order valence-corrected chi connectivity index (χ3v) is 4.16. The Hall–Kier alpha value is -3.47. The fraction of sp³-hybridized carbons (Fsp3) is 0.0476. The van der Waals surface area contributed by atoms with Gasteiger partial charge >= 0.3 is 0 Å². The fourth-order valence-corrected chi connectivity index (χ4v) is 2.89. The Morgan fingerprint density at radius 1 is 1.04 bits per heavy atom. The van der Waals surface area contributed by atoms with Gasteiger partial charge in [-0.2, -0.15) is 0 Å². The van der Waals surface area contributed by atoms with Gasteiger partial charge in [0.2, 0.25) is 0 Å². The number of carbonyl (C=O) groups is 1. The molecule has 0 unspecified atom stereocenters. The average molecular weight is 345 g/mol. The number of nitrogens with one attached hydrogen (secondary N) is 1. The van der Waals surface area contributed by atoms with Crippen LogP contribution >= 0.6 is 0 Å². The lowest BCUT2D eigenvalue weighted by Crippen LogP contribution is -2.14. The van der Waals surface area contributed by atoms with Crippen molar-refractivity contribution in [1.29, 1.82) is 0 Å². The van der Waals surface area contributed by atoms with Gasteiger partial charge in [-0.3, -0.25) is 9.20 Å². The standard InChI is InChI=1S/C21H16FN3O/c1-14-5-4-6-16(13-14)21(26)24-20-19(15-8-10-17(22)11-9-15)23-18-7-2-3-12-25(18)20/h2-13H,1H3,(H,24,26). The molecule has 1 amide bonds. The first kappa shape index (κ1) is 16.0. The number of amides is 1. The van der Waals surface area contributed by atoms with Gasteiger partial charge in [0.1, 0.15) is 23.0 Å². The molecule has 0 fully saturated rings. The van der Waals surface area contributed by atoms with Crippen LogP contribution in [0.2, 0.25) is 0 Å². The summed E-state index contributed by atoms with van der Waals surface area (Å²) < 4.78 is 15.1. The smallest absolute Gasteiger partial charge is 0.256 e. The maximum atomic E-state index is 13.3. The van der Waals surface area contributed by atoms with Crippen molar-refractivity contribution in [1.82, 2.24) is 9.38 Å². The second-order valence-corrected chi connectivity index (χ2v) is 6.07. The molecule has 128 valence electrons. The molecule has 2 aromatic heterocycles. The van der Waals surface area contributed by atoms with Crippen molar-refractivity contribution < 1.29 is 9.18 Å². The Morgan fingerprint density at radius 2 is 1.85 bits per heavy atom. The molecule has 2 aromatic carbocycles. The predicted molar refractivity (Wildman–Crippen MR) is 99.7 cm³/mol. The highest BCUT2D eigenvalue weighted by molar-refractivity contribution is 6.05. The minimum absolute atomic E-state index is 0.220. The molecule has 0 saturated carbocycles. The van der Waals surface area contributed by atoms with E-state index in [-0.39, 0.29) is 11.7 Å². The Bertz CT molecular complexity index is 1100. The predicted octanol–water partition coefficient (Wildman–Crippen LogP) is 4.70. The summed E-state index contributed by atoms with van der Waals surface area (Å²) in [6, 6.07) is 19.0. The van der Waals surface area contributed by atoms with Gasteiger partial charge in [-0.05, 0) is 55.5 Å². The molecule has 0 aliphatic heterocycles. The normalized spacial score (nSPS) is 10.8. The van der Waals surface area contributed by atoms with E-state index in [2.05, 4.69) is 10.3 Å². The van der Waals surface area contributed by atoms with Crippen LogP contribution in [0.5, 0.6) is 0 Å². The van der Waals surface area contributed by atoms with Crippen molar-refractivity contribution in [3.63, 3.8) is 0 Å². The Kier molecular flexibility index (Phi) is 3.97. The van der Waals surface area contributed by atoms with E-state index in [4.69, 9.17) is 0 Å². The number of halogens is 1. The number of pyridine rings is 1. The zero-order valence-corrected chi connectivity index (χ0v) is 14.1. The van der Waals surface area contributed by atoms with Gasteiger partial charge in [-0.25, -0.2) is 9.37 Å². The fourth-order valence-electron chi connectivity index (χ4n) is 2.89. The number of imidazole rings is 1. The van der Waals surface area contributed by atoms with E-state index in [1.807, 2.05) is 53.9 Å². The zero-order valence-electron chi connectivity index (χ0n) is 14.1. The number of carbonyl (C=O) groups excluding carboxylic acids is 1. The topological polar surface area (TPSA) is 46.4 Å². The summed E-state index contributed by atoms with van der Waals surface area (Å²) in [5.74, 6) is 0.0179. The van der Waals surface area contributed by atoms with Crippen molar-refractivity contribution in [2.24, 2.45) is 0 Å². The summed E-state index contributed by atoms with van der Waals surface area (Å²) in [6.07, 6.45) is 1.83. The molecular formula is C21H16FN3O. The number of rotatable bonds is 3. The van der Waals surface area contributed by atoms with Crippen LogP contribution in [0, 0.1) is 12.7 Å². The van der Waals surface area contributed by atoms with Crippen LogP contribution in [-0.2, 0) is 0 Å².